The van der Waals surface area contributed by atoms with E-state index in [9.17, 15) is 9.18 Å². The predicted octanol–water partition coefficient (Wildman–Crippen LogP) is 2.23. The maximum atomic E-state index is 13.8. The van der Waals surface area contributed by atoms with E-state index in [4.69, 9.17) is 10.5 Å². The molecule has 4 nitrogen and oxygen atoms in total. The minimum atomic E-state index is -0.629. The molecule has 0 aliphatic carbocycles. The van der Waals surface area contributed by atoms with E-state index in [-0.39, 0.29) is 18.1 Å². The van der Waals surface area contributed by atoms with Crippen molar-refractivity contribution in [2.45, 2.75) is 19.1 Å². The van der Waals surface area contributed by atoms with E-state index in [2.05, 4.69) is 5.32 Å². The number of rotatable bonds is 3. The summed E-state index contributed by atoms with van der Waals surface area (Å²) >= 11 is 0. The van der Waals surface area contributed by atoms with Crippen LogP contribution in [0.3, 0.4) is 0 Å². The van der Waals surface area contributed by atoms with Gasteiger partial charge in [0.25, 0.3) is 5.91 Å². The second-order valence-electron chi connectivity index (χ2n) is 4.93. The number of anilines is 1. The number of hydrogen-bond donors (Lipinski definition) is 2. The number of fused-ring (bicyclic) bond motifs is 1. The molecule has 2 aromatic rings. The van der Waals surface area contributed by atoms with Crippen molar-refractivity contribution in [1.82, 2.24) is 0 Å². The van der Waals surface area contributed by atoms with Crippen molar-refractivity contribution in [2.24, 2.45) is 5.73 Å². The number of hydrogen-bond acceptors (Lipinski definition) is 3. The quantitative estimate of drug-likeness (QED) is 0.909. The maximum Gasteiger partial charge on any atom is 0.265 e. The SMILES string of the molecule is NCc1ccc(NC(=O)C2Cc3ccccc3O2)c(F)c1. The summed E-state index contributed by atoms with van der Waals surface area (Å²) in [4.78, 5) is 12.2. The molecule has 3 rings (SSSR count). The van der Waals surface area contributed by atoms with Gasteiger partial charge in [-0.1, -0.05) is 24.3 Å². The first-order valence-electron chi connectivity index (χ1n) is 6.71. The van der Waals surface area contributed by atoms with Gasteiger partial charge in [-0.15, -0.1) is 0 Å². The Bertz CT molecular complexity index is 663. The summed E-state index contributed by atoms with van der Waals surface area (Å²) in [6.07, 6.45) is -0.138. The Morgan fingerprint density at radius 1 is 1.33 bits per heavy atom. The number of nitrogens with two attached hydrogens (primary N) is 1. The maximum absolute atomic E-state index is 13.8. The van der Waals surface area contributed by atoms with Crippen LogP contribution in [0.25, 0.3) is 0 Å². The predicted molar refractivity (Wildman–Crippen MR) is 77.5 cm³/mol. The molecule has 1 atom stereocenters. The highest BCUT2D eigenvalue weighted by molar-refractivity contribution is 5.95. The highest BCUT2D eigenvalue weighted by Crippen LogP contribution is 2.28. The summed E-state index contributed by atoms with van der Waals surface area (Å²) < 4.78 is 19.4. The van der Waals surface area contributed by atoms with Crippen LogP contribution in [0.5, 0.6) is 5.75 Å². The molecule has 0 saturated carbocycles. The van der Waals surface area contributed by atoms with Crippen LogP contribution in [-0.2, 0) is 17.8 Å². The Balaban J connectivity index is 1.71. The molecular formula is C16H15FN2O2. The smallest absolute Gasteiger partial charge is 0.265 e. The molecule has 1 aliphatic rings. The highest BCUT2D eigenvalue weighted by Gasteiger charge is 2.29. The molecule has 1 amide bonds. The fourth-order valence-electron chi connectivity index (χ4n) is 2.33. The Kier molecular flexibility index (Phi) is 3.58. The molecule has 0 bridgehead atoms. The van der Waals surface area contributed by atoms with E-state index in [0.29, 0.717) is 17.7 Å². The zero-order chi connectivity index (χ0) is 14.8. The Morgan fingerprint density at radius 3 is 2.86 bits per heavy atom. The number of carbonyl (C=O) groups excluding carboxylic acids is 1. The third-order valence-electron chi connectivity index (χ3n) is 3.47. The van der Waals surface area contributed by atoms with Crippen LogP contribution in [0.2, 0.25) is 0 Å². The summed E-state index contributed by atoms with van der Waals surface area (Å²) in [6, 6.07) is 12.0. The minimum Gasteiger partial charge on any atom is -0.480 e. The van der Waals surface area contributed by atoms with Crippen LogP contribution >= 0.6 is 0 Å². The standard InChI is InChI=1S/C16H15FN2O2/c17-12-7-10(9-18)5-6-13(12)19-16(20)15-8-11-3-1-2-4-14(11)21-15/h1-7,15H,8-9,18H2,(H,19,20). The lowest BCUT2D eigenvalue weighted by molar-refractivity contribution is -0.122. The largest absolute Gasteiger partial charge is 0.480 e. The Hall–Kier alpha value is -2.40. The Labute approximate surface area is 121 Å². The minimum absolute atomic E-state index is 0.136. The van der Waals surface area contributed by atoms with Crippen LogP contribution in [-0.4, -0.2) is 12.0 Å². The normalized spacial score (nSPS) is 16.2. The molecule has 0 spiro atoms. The molecule has 108 valence electrons. The van der Waals surface area contributed by atoms with Gasteiger partial charge in [-0.3, -0.25) is 4.79 Å². The molecule has 0 saturated heterocycles. The van der Waals surface area contributed by atoms with Gasteiger partial charge in [-0.05, 0) is 29.3 Å². The molecule has 3 N–H and O–H groups in total. The molecule has 5 heteroatoms. The molecule has 1 heterocycles. The van der Waals surface area contributed by atoms with Gasteiger partial charge in [0.05, 0.1) is 5.69 Å². The fraction of sp³-hybridized carbons (Fsp3) is 0.188. The second-order valence-corrected chi connectivity index (χ2v) is 4.93. The summed E-state index contributed by atoms with van der Waals surface area (Å²) in [7, 11) is 0. The number of para-hydroxylation sites is 1. The number of nitrogens with one attached hydrogen (secondary N) is 1. The van der Waals surface area contributed by atoms with E-state index in [0.717, 1.165) is 5.56 Å². The van der Waals surface area contributed by atoms with Crippen molar-refractivity contribution in [3.8, 4) is 5.75 Å². The van der Waals surface area contributed by atoms with Crippen molar-refractivity contribution in [2.75, 3.05) is 5.32 Å². The molecule has 0 aromatic heterocycles. The van der Waals surface area contributed by atoms with Gasteiger partial charge in [0.1, 0.15) is 11.6 Å². The van der Waals surface area contributed by atoms with Crippen molar-refractivity contribution in [3.05, 3.63) is 59.4 Å². The van der Waals surface area contributed by atoms with E-state index >= 15 is 0 Å². The summed E-state index contributed by atoms with van der Waals surface area (Å²) in [6.45, 7) is 0.256. The highest BCUT2D eigenvalue weighted by atomic mass is 19.1. The third kappa shape index (κ3) is 2.73. The molecule has 1 aliphatic heterocycles. The van der Waals surface area contributed by atoms with E-state index in [1.54, 1.807) is 6.07 Å². The van der Waals surface area contributed by atoms with Crippen molar-refractivity contribution >= 4 is 11.6 Å². The average Bonchev–Trinajstić information content (AvgIpc) is 2.93. The van der Waals surface area contributed by atoms with Gasteiger partial charge in [-0.2, -0.15) is 0 Å². The summed E-state index contributed by atoms with van der Waals surface area (Å²) in [5.41, 5.74) is 7.24. The summed E-state index contributed by atoms with van der Waals surface area (Å²) in [5, 5.41) is 2.56. The van der Waals surface area contributed by atoms with Crippen LogP contribution in [0, 0.1) is 5.82 Å². The summed E-state index contributed by atoms with van der Waals surface area (Å²) in [5.74, 6) is -0.149. The molecular weight excluding hydrogens is 271 g/mol. The van der Waals surface area contributed by atoms with E-state index in [1.165, 1.54) is 12.1 Å². The van der Waals surface area contributed by atoms with Crippen LogP contribution in [0.4, 0.5) is 10.1 Å². The van der Waals surface area contributed by atoms with Crippen LogP contribution < -0.4 is 15.8 Å². The number of benzene rings is 2. The number of ether oxygens (including phenoxy) is 1. The van der Waals surface area contributed by atoms with Gasteiger partial charge in [0.15, 0.2) is 6.10 Å². The molecule has 0 fully saturated rings. The number of amides is 1. The number of halogens is 1. The first kappa shape index (κ1) is 13.6. The lowest BCUT2D eigenvalue weighted by Gasteiger charge is -2.12. The van der Waals surface area contributed by atoms with Crippen molar-refractivity contribution < 1.29 is 13.9 Å². The first-order valence-corrected chi connectivity index (χ1v) is 6.71. The molecule has 21 heavy (non-hydrogen) atoms. The zero-order valence-corrected chi connectivity index (χ0v) is 11.3. The molecule has 1 unspecified atom stereocenters. The van der Waals surface area contributed by atoms with E-state index < -0.39 is 11.9 Å². The van der Waals surface area contributed by atoms with Gasteiger partial charge < -0.3 is 15.8 Å². The average molecular weight is 286 g/mol. The lowest BCUT2D eigenvalue weighted by atomic mass is 10.1. The zero-order valence-electron chi connectivity index (χ0n) is 11.3. The second kappa shape index (κ2) is 5.54. The third-order valence-corrected chi connectivity index (χ3v) is 3.47. The Morgan fingerprint density at radius 2 is 2.14 bits per heavy atom. The van der Waals surface area contributed by atoms with Crippen LogP contribution in [0.1, 0.15) is 11.1 Å². The van der Waals surface area contributed by atoms with Gasteiger partial charge in [-0.25, -0.2) is 4.39 Å². The van der Waals surface area contributed by atoms with Gasteiger partial charge in [0.2, 0.25) is 0 Å². The van der Waals surface area contributed by atoms with Gasteiger partial charge >= 0.3 is 0 Å². The molecule has 0 radical (unpaired) electrons. The lowest BCUT2D eigenvalue weighted by Crippen LogP contribution is -2.31. The monoisotopic (exact) mass is 286 g/mol. The van der Waals surface area contributed by atoms with Crippen molar-refractivity contribution in [3.63, 3.8) is 0 Å². The topological polar surface area (TPSA) is 64.3 Å². The van der Waals surface area contributed by atoms with Gasteiger partial charge in [0, 0.05) is 13.0 Å². The fourth-order valence-corrected chi connectivity index (χ4v) is 2.33. The van der Waals surface area contributed by atoms with Crippen molar-refractivity contribution in [1.29, 1.82) is 0 Å². The molecule has 2 aromatic carbocycles. The van der Waals surface area contributed by atoms with Crippen LogP contribution in [0.15, 0.2) is 42.5 Å². The number of carbonyl (C=O) groups is 1. The first-order chi connectivity index (χ1) is 10.2. The van der Waals surface area contributed by atoms with E-state index in [1.807, 2.05) is 24.3 Å².